The third-order valence-corrected chi connectivity index (χ3v) is 14.1. The molecule has 10 aromatic rings. The Bertz CT molecular complexity index is 3160. The van der Waals surface area contributed by atoms with Crippen molar-refractivity contribution in [2.24, 2.45) is 0 Å². The van der Waals surface area contributed by atoms with Crippen LogP contribution in [0.3, 0.4) is 0 Å². The van der Waals surface area contributed by atoms with Gasteiger partial charge in [0.05, 0.1) is 0 Å². The van der Waals surface area contributed by atoms with Crippen molar-refractivity contribution >= 4 is 32.3 Å². The SMILES string of the molecule is CC1(C)c2ccccc2-c2ccc(-c3ccc(-c4cc5c6ccccc6c(-c6ccc(-c7ccc8c(c7)C(C)(C)c7ccccc7-8)cc6)cc5c5ccccc45)cc3)cc21. The van der Waals surface area contributed by atoms with Crippen LogP contribution in [0.1, 0.15) is 49.9 Å². The first-order chi connectivity index (χ1) is 29.3. The van der Waals surface area contributed by atoms with Crippen LogP contribution in [-0.2, 0) is 10.8 Å². The molecule has 0 unspecified atom stereocenters. The lowest BCUT2D eigenvalue weighted by Crippen LogP contribution is -2.14. The predicted molar refractivity (Wildman–Crippen MR) is 256 cm³/mol. The van der Waals surface area contributed by atoms with Gasteiger partial charge >= 0.3 is 0 Å². The quantitative estimate of drug-likeness (QED) is 0.157. The first kappa shape index (κ1) is 35.0. The van der Waals surface area contributed by atoms with Gasteiger partial charge < -0.3 is 0 Å². The van der Waals surface area contributed by atoms with E-state index in [9.17, 15) is 0 Å². The van der Waals surface area contributed by atoms with Crippen molar-refractivity contribution in [1.29, 1.82) is 0 Å². The average Bonchev–Trinajstić information content (AvgIpc) is 3.67. The van der Waals surface area contributed by atoms with Gasteiger partial charge in [0.15, 0.2) is 0 Å². The maximum absolute atomic E-state index is 2.44. The van der Waals surface area contributed by atoms with Gasteiger partial charge in [0, 0.05) is 10.8 Å². The fourth-order valence-corrected chi connectivity index (χ4v) is 10.9. The second kappa shape index (κ2) is 12.7. The number of rotatable bonds is 4. The van der Waals surface area contributed by atoms with Crippen molar-refractivity contribution in [2.75, 3.05) is 0 Å². The Morgan fingerprint density at radius 1 is 0.217 bits per heavy atom. The molecule has 0 saturated heterocycles. The lowest BCUT2D eigenvalue weighted by Gasteiger charge is -2.22. The van der Waals surface area contributed by atoms with Gasteiger partial charge in [-0.15, -0.1) is 0 Å². The van der Waals surface area contributed by atoms with Crippen molar-refractivity contribution in [3.63, 3.8) is 0 Å². The molecule has 0 spiro atoms. The van der Waals surface area contributed by atoms with Crippen LogP contribution >= 0.6 is 0 Å². The van der Waals surface area contributed by atoms with Crippen LogP contribution < -0.4 is 0 Å². The largest absolute Gasteiger partial charge is 0.0619 e. The highest BCUT2D eigenvalue weighted by Crippen LogP contribution is 2.51. The molecule has 284 valence electrons. The molecule has 0 radical (unpaired) electrons. The van der Waals surface area contributed by atoms with E-state index in [0.29, 0.717) is 0 Å². The highest BCUT2D eigenvalue weighted by atomic mass is 14.4. The first-order valence-corrected chi connectivity index (χ1v) is 21.3. The molecule has 0 fully saturated rings. The molecule has 0 nitrogen and oxygen atoms in total. The minimum atomic E-state index is -0.0217. The molecule has 0 saturated carbocycles. The molecule has 0 atom stereocenters. The zero-order valence-corrected chi connectivity index (χ0v) is 34.5. The monoisotopic (exact) mass is 764 g/mol. The van der Waals surface area contributed by atoms with E-state index in [4.69, 9.17) is 0 Å². The summed E-state index contributed by atoms with van der Waals surface area (Å²) in [7, 11) is 0. The summed E-state index contributed by atoms with van der Waals surface area (Å²) in [5, 5.41) is 7.66. The number of benzene rings is 10. The zero-order chi connectivity index (χ0) is 40.3. The van der Waals surface area contributed by atoms with Crippen molar-refractivity contribution in [3.05, 3.63) is 216 Å². The van der Waals surface area contributed by atoms with Crippen LogP contribution in [0.5, 0.6) is 0 Å². The summed E-state index contributed by atoms with van der Waals surface area (Å²) >= 11 is 0. The van der Waals surface area contributed by atoms with Crippen LogP contribution in [0.15, 0.2) is 194 Å². The fraction of sp³-hybridized carbons (Fsp3) is 0.100. The number of fused-ring (bicyclic) bond motifs is 11. The molecule has 0 heterocycles. The summed E-state index contributed by atoms with van der Waals surface area (Å²) < 4.78 is 0. The molecular formula is C60H44. The Morgan fingerprint density at radius 3 is 0.950 bits per heavy atom. The number of hydrogen-bond donors (Lipinski definition) is 0. The van der Waals surface area contributed by atoms with Gasteiger partial charge in [0.2, 0.25) is 0 Å². The topological polar surface area (TPSA) is 0 Å². The second-order valence-corrected chi connectivity index (χ2v) is 18.1. The minimum absolute atomic E-state index is 0.0217. The van der Waals surface area contributed by atoms with E-state index in [1.165, 1.54) is 121 Å². The molecule has 0 N–H and O–H groups in total. The van der Waals surface area contributed by atoms with Gasteiger partial charge in [0.1, 0.15) is 0 Å². The molecule has 60 heavy (non-hydrogen) atoms. The van der Waals surface area contributed by atoms with Gasteiger partial charge in [-0.05, 0) is 146 Å². The van der Waals surface area contributed by atoms with Crippen molar-refractivity contribution in [1.82, 2.24) is 0 Å². The molecule has 12 rings (SSSR count). The van der Waals surface area contributed by atoms with E-state index in [-0.39, 0.29) is 10.8 Å². The van der Waals surface area contributed by atoms with Gasteiger partial charge in [0.25, 0.3) is 0 Å². The third kappa shape index (κ3) is 5.04. The van der Waals surface area contributed by atoms with E-state index < -0.39 is 0 Å². The second-order valence-electron chi connectivity index (χ2n) is 18.1. The molecule has 0 bridgehead atoms. The maximum atomic E-state index is 2.44. The Morgan fingerprint density at radius 2 is 0.533 bits per heavy atom. The first-order valence-electron chi connectivity index (χ1n) is 21.3. The lowest BCUT2D eigenvalue weighted by atomic mass is 9.81. The maximum Gasteiger partial charge on any atom is 0.0159 e. The average molecular weight is 765 g/mol. The Labute approximate surface area is 352 Å². The van der Waals surface area contributed by atoms with Gasteiger partial charge in [-0.3, -0.25) is 0 Å². The standard InChI is InChI=1S/C60H44/c1-59(2)55-19-11-9-17-47(55)49-31-29-41(33-57(49)59)37-21-25-39(26-22-37)51-35-53-46-16-8-6-14-44(46)52(36-54(53)45-15-7-5-13-43(45)51)40-27-23-38(24-28-40)42-30-32-50-48-18-10-12-20-56(48)60(3,4)58(50)34-42/h5-36H,1-4H3. The van der Waals surface area contributed by atoms with E-state index in [1.807, 2.05) is 0 Å². The Balaban J connectivity index is 0.927. The summed E-state index contributed by atoms with van der Waals surface area (Å²) in [6.45, 7) is 9.42. The van der Waals surface area contributed by atoms with Crippen molar-refractivity contribution in [2.45, 2.75) is 38.5 Å². The van der Waals surface area contributed by atoms with Gasteiger partial charge in [-0.2, -0.15) is 0 Å². The molecule has 0 aromatic heterocycles. The summed E-state index contributed by atoms with van der Waals surface area (Å²) in [6, 6.07) is 73.1. The normalized spacial score (nSPS) is 14.3. The fourth-order valence-electron chi connectivity index (χ4n) is 10.9. The molecule has 0 amide bonds. The smallest absolute Gasteiger partial charge is 0.0159 e. The molecule has 10 aromatic carbocycles. The summed E-state index contributed by atoms with van der Waals surface area (Å²) in [6.07, 6.45) is 0. The summed E-state index contributed by atoms with van der Waals surface area (Å²) in [5.41, 5.74) is 21.0. The summed E-state index contributed by atoms with van der Waals surface area (Å²) in [5.74, 6) is 0. The van der Waals surface area contributed by atoms with Gasteiger partial charge in [-0.25, -0.2) is 0 Å². The van der Waals surface area contributed by atoms with Crippen LogP contribution in [0.2, 0.25) is 0 Å². The van der Waals surface area contributed by atoms with Crippen LogP contribution in [0, 0.1) is 0 Å². The lowest BCUT2D eigenvalue weighted by molar-refractivity contribution is 0.660. The molecule has 0 aliphatic heterocycles. The molecule has 2 aliphatic carbocycles. The zero-order valence-electron chi connectivity index (χ0n) is 34.5. The van der Waals surface area contributed by atoms with E-state index >= 15 is 0 Å². The molecule has 2 aliphatic rings. The van der Waals surface area contributed by atoms with Crippen LogP contribution in [0.4, 0.5) is 0 Å². The predicted octanol–water partition coefficient (Wildman–Crippen LogP) is 16.4. The minimum Gasteiger partial charge on any atom is -0.0619 e. The van der Waals surface area contributed by atoms with E-state index in [2.05, 4.69) is 222 Å². The third-order valence-electron chi connectivity index (χ3n) is 14.1. The highest BCUT2D eigenvalue weighted by molar-refractivity contribution is 6.23. The van der Waals surface area contributed by atoms with E-state index in [0.717, 1.165) is 0 Å². The molecular weight excluding hydrogens is 721 g/mol. The molecule has 0 heteroatoms. The Hall–Kier alpha value is -7.02. The number of hydrogen-bond acceptors (Lipinski definition) is 0. The van der Waals surface area contributed by atoms with Crippen molar-refractivity contribution < 1.29 is 0 Å². The van der Waals surface area contributed by atoms with Crippen molar-refractivity contribution in [3.8, 4) is 66.8 Å². The van der Waals surface area contributed by atoms with Crippen LogP contribution in [-0.4, -0.2) is 0 Å². The van der Waals surface area contributed by atoms with E-state index in [1.54, 1.807) is 0 Å². The van der Waals surface area contributed by atoms with Crippen LogP contribution in [0.25, 0.3) is 99.1 Å². The van der Waals surface area contributed by atoms with Gasteiger partial charge in [-0.1, -0.05) is 198 Å². The Kier molecular flexibility index (Phi) is 7.42. The summed E-state index contributed by atoms with van der Waals surface area (Å²) in [4.78, 5) is 0. The highest BCUT2D eigenvalue weighted by Gasteiger charge is 2.36.